The van der Waals surface area contributed by atoms with Gasteiger partial charge in [0.15, 0.2) is 0 Å². The molecule has 0 fully saturated rings. The molecule has 2 aromatic carbocycles. The summed E-state index contributed by atoms with van der Waals surface area (Å²) >= 11 is 0. The van der Waals surface area contributed by atoms with Crippen LogP contribution in [-0.2, 0) is 4.79 Å². The number of furan rings is 1. The molecule has 5 nitrogen and oxygen atoms in total. The van der Waals surface area contributed by atoms with Gasteiger partial charge in [-0.2, -0.15) is 0 Å². The van der Waals surface area contributed by atoms with Gasteiger partial charge in [-0.3, -0.25) is 4.79 Å². The maximum atomic E-state index is 12.1. The molecule has 26 heavy (non-hydrogen) atoms. The van der Waals surface area contributed by atoms with Crippen LogP contribution in [0.1, 0.15) is 5.76 Å². The molecule has 0 aliphatic heterocycles. The zero-order valence-corrected chi connectivity index (χ0v) is 14.6. The normalized spacial score (nSPS) is 10.7. The second-order valence-corrected chi connectivity index (χ2v) is 5.48. The Labute approximate surface area is 151 Å². The van der Waals surface area contributed by atoms with Gasteiger partial charge in [-0.25, -0.2) is 0 Å². The van der Waals surface area contributed by atoms with E-state index in [1.807, 2.05) is 36.4 Å². The molecule has 1 aromatic heterocycles. The Bertz CT molecular complexity index is 896. The van der Waals surface area contributed by atoms with Gasteiger partial charge in [0.2, 0.25) is 5.91 Å². The summed E-state index contributed by atoms with van der Waals surface area (Å²) in [6, 6.07) is 16.7. The van der Waals surface area contributed by atoms with Gasteiger partial charge >= 0.3 is 0 Å². The van der Waals surface area contributed by atoms with Crippen LogP contribution < -0.4 is 14.8 Å². The number of ether oxygens (including phenoxy) is 2. The van der Waals surface area contributed by atoms with Crippen LogP contribution in [0.3, 0.4) is 0 Å². The third-order valence-electron chi connectivity index (χ3n) is 3.81. The smallest absolute Gasteiger partial charge is 0.248 e. The summed E-state index contributed by atoms with van der Waals surface area (Å²) in [5.74, 6) is 1.88. The number of carbonyl (C=O) groups excluding carboxylic acids is 1. The molecular weight excluding hydrogens is 330 g/mol. The van der Waals surface area contributed by atoms with E-state index < -0.39 is 0 Å². The fourth-order valence-electron chi connectivity index (χ4n) is 2.51. The molecule has 1 N–H and O–H groups in total. The third-order valence-corrected chi connectivity index (χ3v) is 3.81. The molecule has 3 rings (SSSR count). The Balaban J connectivity index is 1.81. The zero-order chi connectivity index (χ0) is 18.4. The van der Waals surface area contributed by atoms with Crippen LogP contribution in [0, 0.1) is 0 Å². The van der Waals surface area contributed by atoms with Crippen LogP contribution in [0.15, 0.2) is 71.4 Å². The topological polar surface area (TPSA) is 60.7 Å². The lowest BCUT2D eigenvalue weighted by Gasteiger charge is -2.12. The lowest BCUT2D eigenvalue weighted by Crippen LogP contribution is -2.07. The lowest BCUT2D eigenvalue weighted by atomic mass is 10.0. The molecule has 3 aromatic rings. The second-order valence-electron chi connectivity index (χ2n) is 5.48. The van der Waals surface area contributed by atoms with E-state index in [-0.39, 0.29) is 5.91 Å². The minimum absolute atomic E-state index is 0.243. The van der Waals surface area contributed by atoms with Gasteiger partial charge in [0.1, 0.15) is 17.3 Å². The zero-order valence-electron chi connectivity index (χ0n) is 14.6. The van der Waals surface area contributed by atoms with Crippen molar-refractivity contribution in [2.75, 3.05) is 19.5 Å². The summed E-state index contributed by atoms with van der Waals surface area (Å²) in [4.78, 5) is 12.1. The van der Waals surface area contributed by atoms with Crippen molar-refractivity contribution in [3.05, 3.63) is 72.7 Å². The summed E-state index contributed by atoms with van der Waals surface area (Å²) in [5, 5.41) is 2.84. The first-order valence-electron chi connectivity index (χ1n) is 8.04. The Hall–Kier alpha value is -3.47. The van der Waals surface area contributed by atoms with E-state index in [1.54, 1.807) is 44.8 Å². The average Bonchev–Trinajstić information content (AvgIpc) is 3.20. The van der Waals surface area contributed by atoms with Crippen molar-refractivity contribution >= 4 is 17.7 Å². The molecule has 1 heterocycles. The molecule has 0 radical (unpaired) electrons. The fraction of sp³-hybridized carbons (Fsp3) is 0.0952. The van der Waals surface area contributed by atoms with Gasteiger partial charge in [-0.1, -0.05) is 12.1 Å². The number of amides is 1. The van der Waals surface area contributed by atoms with Crippen molar-refractivity contribution in [1.82, 2.24) is 0 Å². The molecule has 5 heteroatoms. The van der Waals surface area contributed by atoms with Crippen LogP contribution in [0.4, 0.5) is 5.69 Å². The first kappa shape index (κ1) is 17.4. The molecule has 0 aliphatic carbocycles. The predicted molar refractivity (Wildman–Crippen MR) is 101 cm³/mol. The molecule has 0 unspecified atom stereocenters. The maximum Gasteiger partial charge on any atom is 0.248 e. The highest BCUT2D eigenvalue weighted by Gasteiger charge is 2.09. The molecular formula is C21H19NO4. The summed E-state index contributed by atoms with van der Waals surface area (Å²) in [6.45, 7) is 0. The second kappa shape index (κ2) is 8.07. The molecule has 0 aliphatic rings. The van der Waals surface area contributed by atoms with E-state index in [0.717, 1.165) is 22.6 Å². The Morgan fingerprint density at radius 3 is 2.50 bits per heavy atom. The number of carbonyl (C=O) groups is 1. The predicted octanol–water partition coefficient (Wildman–Crippen LogP) is 4.62. The summed E-state index contributed by atoms with van der Waals surface area (Å²) in [6.07, 6.45) is 4.60. The van der Waals surface area contributed by atoms with Gasteiger partial charge in [-0.05, 0) is 54.1 Å². The number of hydrogen-bond acceptors (Lipinski definition) is 4. The van der Waals surface area contributed by atoms with E-state index in [0.29, 0.717) is 11.4 Å². The number of benzene rings is 2. The van der Waals surface area contributed by atoms with Crippen LogP contribution in [-0.4, -0.2) is 20.1 Å². The first-order valence-corrected chi connectivity index (χ1v) is 8.04. The van der Waals surface area contributed by atoms with Crippen molar-refractivity contribution in [2.45, 2.75) is 0 Å². The van der Waals surface area contributed by atoms with Crippen molar-refractivity contribution in [2.24, 2.45) is 0 Å². The van der Waals surface area contributed by atoms with Gasteiger partial charge in [0.05, 0.1) is 20.5 Å². The highest BCUT2D eigenvalue weighted by atomic mass is 16.5. The fourth-order valence-corrected chi connectivity index (χ4v) is 2.51. The molecule has 0 atom stereocenters. The maximum absolute atomic E-state index is 12.1. The quantitative estimate of drug-likeness (QED) is 0.660. The summed E-state index contributed by atoms with van der Waals surface area (Å²) in [7, 11) is 3.24. The van der Waals surface area contributed by atoms with Crippen LogP contribution in [0.5, 0.6) is 11.5 Å². The van der Waals surface area contributed by atoms with Crippen LogP contribution in [0.25, 0.3) is 17.2 Å². The van der Waals surface area contributed by atoms with Crippen LogP contribution in [0.2, 0.25) is 0 Å². The number of nitrogens with one attached hydrogen (secondary N) is 1. The van der Waals surface area contributed by atoms with E-state index in [9.17, 15) is 4.79 Å². The van der Waals surface area contributed by atoms with Crippen LogP contribution >= 0.6 is 0 Å². The van der Waals surface area contributed by atoms with Gasteiger partial charge in [-0.15, -0.1) is 0 Å². The first-order chi connectivity index (χ1) is 12.7. The van der Waals surface area contributed by atoms with E-state index >= 15 is 0 Å². The molecule has 0 spiro atoms. The Morgan fingerprint density at radius 2 is 1.85 bits per heavy atom. The number of methoxy groups -OCH3 is 2. The molecule has 132 valence electrons. The minimum Gasteiger partial charge on any atom is -0.497 e. The SMILES string of the molecule is COc1ccc(-c2cc(NC(=O)/C=C/c3ccco3)ccc2OC)cc1. The van der Waals surface area contributed by atoms with E-state index in [2.05, 4.69) is 5.32 Å². The standard InChI is InChI=1S/C21H19NO4/c1-24-17-8-5-15(6-9-17)19-14-16(7-11-20(19)25-2)22-21(23)12-10-18-4-3-13-26-18/h3-14H,1-2H3,(H,22,23)/b12-10+. The molecule has 0 saturated carbocycles. The molecule has 1 amide bonds. The number of hydrogen-bond donors (Lipinski definition) is 1. The van der Waals surface area contributed by atoms with E-state index in [4.69, 9.17) is 13.9 Å². The van der Waals surface area contributed by atoms with Crippen molar-refractivity contribution in [3.8, 4) is 22.6 Å². The highest BCUT2D eigenvalue weighted by Crippen LogP contribution is 2.33. The third kappa shape index (κ3) is 4.13. The molecule has 0 bridgehead atoms. The monoisotopic (exact) mass is 349 g/mol. The summed E-state index contributed by atoms with van der Waals surface area (Å²) in [5.41, 5.74) is 2.51. The minimum atomic E-state index is -0.243. The molecule has 0 saturated heterocycles. The largest absolute Gasteiger partial charge is 0.497 e. The van der Waals surface area contributed by atoms with E-state index in [1.165, 1.54) is 6.08 Å². The Kier molecular flexibility index (Phi) is 5.39. The van der Waals surface area contributed by atoms with Crippen molar-refractivity contribution in [3.63, 3.8) is 0 Å². The average molecular weight is 349 g/mol. The number of rotatable bonds is 6. The number of anilines is 1. The van der Waals surface area contributed by atoms with Gasteiger partial charge < -0.3 is 19.2 Å². The van der Waals surface area contributed by atoms with Crippen molar-refractivity contribution in [1.29, 1.82) is 0 Å². The van der Waals surface area contributed by atoms with Crippen molar-refractivity contribution < 1.29 is 18.7 Å². The Morgan fingerprint density at radius 1 is 1.04 bits per heavy atom. The lowest BCUT2D eigenvalue weighted by molar-refractivity contribution is -0.111. The highest BCUT2D eigenvalue weighted by molar-refractivity contribution is 6.02. The van der Waals surface area contributed by atoms with Gasteiger partial charge in [0.25, 0.3) is 0 Å². The summed E-state index contributed by atoms with van der Waals surface area (Å²) < 4.78 is 15.8. The van der Waals surface area contributed by atoms with Gasteiger partial charge in [0, 0.05) is 17.3 Å².